The molecule has 1 unspecified atom stereocenters. The number of fused-ring (bicyclic) bond motifs is 1. The summed E-state index contributed by atoms with van der Waals surface area (Å²) in [5, 5.41) is 2.51. The summed E-state index contributed by atoms with van der Waals surface area (Å²) < 4.78 is 5.54. The van der Waals surface area contributed by atoms with Gasteiger partial charge in [-0.05, 0) is 68.1 Å². The maximum absolute atomic E-state index is 12.6. The monoisotopic (exact) mass is 530 g/mol. The van der Waals surface area contributed by atoms with Crippen LogP contribution in [0.25, 0.3) is 0 Å². The quantitative estimate of drug-likeness (QED) is 0.586. The lowest BCUT2D eigenvalue weighted by Gasteiger charge is -2.41. The zero-order valence-electron chi connectivity index (χ0n) is 22.5. The fourth-order valence-electron chi connectivity index (χ4n) is 7.02. The number of anilines is 2. The number of hydrogen-bond acceptors (Lipinski definition) is 6. The Hall–Kier alpha value is -3.55. The summed E-state index contributed by atoms with van der Waals surface area (Å²) in [5.41, 5.74) is 4.80. The van der Waals surface area contributed by atoms with E-state index in [1.807, 2.05) is 35.2 Å². The third-order valence-corrected chi connectivity index (χ3v) is 9.17. The van der Waals surface area contributed by atoms with Crippen molar-refractivity contribution in [3.05, 3.63) is 59.7 Å². The number of hydrogen-bond donors (Lipinski definition) is 1. The van der Waals surface area contributed by atoms with Crippen molar-refractivity contribution in [1.29, 1.82) is 0 Å². The van der Waals surface area contributed by atoms with E-state index < -0.39 is 0 Å². The van der Waals surface area contributed by atoms with Crippen LogP contribution >= 0.6 is 0 Å². The number of ether oxygens (including phenoxy) is 1. The average Bonchev–Trinajstić information content (AvgIpc) is 3.41. The highest BCUT2D eigenvalue weighted by molar-refractivity contribution is 6.02. The molecule has 2 aromatic carbocycles. The number of piperidine rings is 3. The number of benzene rings is 2. The molecule has 4 heterocycles. The summed E-state index contributed by atoms with van der Waals surface area (Å²) in [4.78, 5) is 43.3. The van der Waals surface area contributed by atoms with Gasteiger partial charge in [0.25, 0.3) is 0 Å². The van der Waals surface area contributed by atoms with Gasteiger partial charge in [-0.25, -0.2) is 4.79 Å². The van der Waals surface area contributed by atoms with Crippen LogP contribution in [0.3, 0.4) is 0 Å². The van der Waals surface area contributed by atoms with Gasteiger partial charge in [0.1, 0.15) is 12.6 Å². The van der Waals surface area contributed by atoms with Gasteiger partial charge in [-0.2, -0.15) is 0 Å². The van der Waals surface area contributed by atoms with Crippen LogP contribution in [0, 0.1) is 11.8 Å². The van der Waals surface area contributed by atoms with Gasteiger partial charge in [0, 0.05) is 56.1 Å². The highest BCUT2D eigenvalue weighted by atomic mass is 16.6. The first kappa shape index (κ1) is 25.7. The van der Waals surface area contributed by atoms with Gasteiger partial charge in [0.15, 0.2) is 0 Å². The van der Waals surface area contributed by atoms with E-state index in [4.69, 9.17) is 4.74 Å². The molecule has 3 saturated heterocycles. The topological polar surface area (TPSA) is 82.2 Å². The zero-order valence-corrected chi connectivity index (χ0v) is 22.5. The molecule has 0 radical (unpaired) electrons. The van der Waals surface area contributed by atoms with Crippen LogP contribution in [-0.4, -0.2) is 61.6 Å². The van der Waals surface area contributed by atoms with E-state index in [1.54, 1.807) is 0 Å². The minimum absolute atomic E-state index is 0.166. The lowest BCUT2D eigenvalue weighted by molar-refractivity contribution is -0.134. The first-order chi connectivity index (χ1) is 19.1. The molecular formula is C31H38N4O4. The van der Waals surface area contributed by atoms with Crippen molar-refractivity contribution in [2.75, 3.05) is 42.5 Å². The summed E-state index contributed by atoms with van der Waals surface area (Å²) in [6.45, 7) is 4.79. The Kier molecular flexibility index (Phi) is 7.44. The Morgan fingerprint density at radius 2 is 1.49 bits per heavy atom. The molecular weight excluding hydrogens is 492 g/mol. The van der Waals surface area contributed by atoms with Crippen molar-refractivity contribution in [2.24, 2.45) is 11.8 Å². The largest absolute Gasteiger partial charge is 0.445 e. The van der Waals surface area contributed by atoms with Gasteiger partial charge in [0.2, 0.25) is 11.8 Å². The van der Waals surface area contributed by atoms with E-state index in [1.165, 1.54) is 24.1 Å². The normalized spacial score (nSPS) is 22.6. The van der Waals surface area contributed by atoms with Gasteiger partial charge in [0.05, 0.1) is 0 Å². The minimum atomic E-state index is -0.258. The predicted molar refractivity (Wildman–Crippen MR) is 150 cm³/mol. The average molecular weight is 531 g/mol. The van der Waals surface area contributed by atoms with Crippen molar-refractivity contribution in [2.45, 2.75) is 57.6 Å². The number of amides is 3. The number of likely N-dealkylation sites (tertiary alicyclic amines) is 1. The molecule has 8 nitrogen and oxygen atoms in total. The SMILES string of the molecule is O=C1CCC(N2CCc3c(N4CCC(C5CCN(C(=O)OCc6ccccc6)CC5)CC4)cccc32)C(=O)N1. The second kappa shape index (κ2) is 11.3. The van der Waals surface area contributed by atoms with Gasteiger partial charge >= 0.3 is 6.09 Å². The molecule has 3 amide bonds. The molecule has 0 saturated carbocycles. The Morgan fingerprint density at radius 3 is 2.21 bits per heavy atom. The Morgan fingerprint density at radius 1 is 0.795 bits per heavy atom. The van der Waals surface area contributed by atoms with Crippen LogP contribution in [0.5, 0.6) is 0 Å². The molecule has 8 heteroatoms. The van der Waals surface area contributed by atoms with Crippen LogP contribution in [-0.2, 0) is 27.4 Å². The summed E-state index contributed by atoms with van der Waals surface area (Å²) in [6.07, 6.45) is 6.16. The lowest BCUT2D eigenvalue weighted by Crippen LogP contribution is -2.52. The molecule has 0 bridgehead atoms. The van der Waals surface area contributed by atoms with Gasteiger partial charge in [-0.15, -0.1) is 0 Å². The molecule has 2 aromatic rings. The van der Waals surface area contributed by atoms with Crippen LogP contribution < -0.4 is 15.1 Å². The Labute approximate surface area is 230 Å². The third kappa shape index (κ3) is 5.47. The molecule has 1 atom stereocenters. The number of rotatable bonds is 5. The molecule has 4 aliphatic rings. The number of carbonyl (C=O) groups is 3. The summed E-state index contributed by atoms with van der Waals surface area (Å²) in [7, 11) is 0. The number of nitrogens with zero attached hydrogens (tertiary/aromatic N) is 3. The van der Waals surface area contributed by atoms with Crippen LogP contribution in [0.4, 0.5) is 16.2 Å². The highest BCUT2D eigenvalue weighted by Crippen LogP contribution is 2.40. The molecule has 3 fully saturated rings. The predicted octanol–water partition coefficient (Wildman–Crippen LogP) is 4.12. The molecule has 206 valence electrons. The van der Waals surface area contributed by atoms with E-state index in [9.17, 15) is 14.4 Å². The summed E-state index contributed by atoms with van der Waals surface area (Å²) in [5.74, 6) is 1.03. The van der Waals surface area contributed by atoms with E-state index in [0.29, 0.717) is 31.3 Å². The maximum Gasteiger partial charge on any atom is 0.410 e. The standard InChI is InChI=1S/C31H38N4O4/c36-29-10-9-28(30(37)32-29)35-20-15-25-26(7-4-8-27(25)35)33-16-11-23(12-17-33)24-13-18-34(19-14-24)31(38)39-21-22-5-2-1-3-6-22/h1-8,23-24,28H,9-21H2,(H,32,36,37). The maximum atomic E-state index is 12.6. The molecule has 1 N–H and O–H groups in total. The molecule has 4 aliphatic heterocycles. The third-order valence-electron chi connectivity index (χ3n) is 9.17. The highest BCUT2D eigenvalue weighted by Gasteiger charge is 2.37. The van der Waals surface area contributed by atoms with Crippen molar-refractivity contribution in [1.82, 2.24) is 10.2 Å². The Balaban J connectivity index is 1.00. The molecule has 0 aromatic heterocycles. The number of imide groups is 1. The fourth-order valence-corrected chi connectivity index (χ4v) is 7.02. The summed E-state index contributed by atoms with van der Waals surface area (Å²) in [6, 6.07) is 16.0. The van der Waals surface area contributed by atoms with Crippen molar-refractivity contribution >= 4 is 29.3 Å². The van der Waals surface area contributed by atoms with Crippen molar-refractivity contribution in [3.63, 3.8) is 0 Å². The minimum Gasteiger partial charge on any atom is -0.445 e. The summed E-state index contributed by atoms with van der Waals surface area (Å²) >= 11 is 0. The van der Waals surface area contributed by atoms with E-state index in [0.717, 1.165) is 63.2 Å². The van der Waals surface area contributed by atoms with Crippen LogP contribution in [0.1, 0.15) is 49.7 Å². The van der Waals surface area contributed by atoms with Gasteiger partial charge < -0.3 is 19.4 Å². The van der Waals surface area contributed by atoms with E-state index in [-0.39, 0.29) is 23.9 Å². The second-order valence-electron chi connectivity index (χ2n) is 11.4. The van der Waals surface area contributed by atoms with E-state index in [2.05, 4.69) is 33.3 Å². The van der Waals surface area contributed by atoms with Crippen LogP contribution in [0.15, 0.2) is 48.5 Å². The van der Waals surface area contributed by atoms with Crippen molar-refractivity contribution in [3.8, 4) is 0 Å². The van der Waals surface area contributed by atoms with E-state index >= 15 is 0 Å². The first-order valence-electron chi connectivity index (χ1n) is 14.5. The Bertz CT molecular complexity index is 1200. The van der Waals surface area contributed by atoms with Gasteiger partial charge in [-0.1, -0.05) is 36.4 Å². The smallest absolute Gasteiger partial charge is 0.410 e. The number of nitrogens with one attached hydrogen (secondary N) is 1. The molecule has 0 spiro atoms. The zero-order chi connectivity index (χ0) is 26.8. The number of carbonyl (C=O) groups excluding carboxylic acids is 3. The van der Waals surface area contributed by atoms with Crippen LogP contribution in [0.2, 0.25) is 0 Å². The molecule has 0 aliphatic carbocycles. The second-order valence-corrected chi connectivity index (χ2v) is 11.4. The lowest BCUT2D eigenvalue weighted by atomic mass is 9.78. The van der Waals surface area contributed by atoms with Crippen molar-refractivity contribution < 1.29 is 19.1 Å². The molecule has 39 heavy (non-hydrogen) atoms. The first-order valence-corrected chi connectivity index (χ1v) is 14.5. The fraction of sp³-hybridized carbons (Fsp3) is 0.516. The van der Waals surface area contributed by atoms with Gasteiger partial charge in [-0.3, -0.25) is 14.9 Å². The molecule has 6 rings (SSSR count).